The van der Waals surface area contributed by atoms with E-state index in [2.05, 4.69) is 60.4 Å². The van der Waals surface area contributed by atoms with Gasteiger partial charge in [0.25, 0.3) is 0 Å². The number of pyridine rings is 2. The fraction of sp³-hybridized carbons (Fsp3) is 0.429. The van der Waals surface area contributed by atoms with E-state index < -0.39 is 0 Å². The third-order valence-electron chi connectivity index (χ3n) is 11.3. The molecule has 2 atom stereocenters. The second kappa shape index (κ2) is 15.9. The van der Waals surface area contributed by atoms with E-state index in [1.54, 1.807) is 0 Å². The lowest BCUT2D eigenvalue weighted by atomic mass is 10.1. The predicted octanol–water partition coefficient (Wildman–Crippen LogP) is 9.67. The van der Waals surface area contributed by atoms with Gasteiger partial charge in [-0.15, -0.1) is 0 Å². The van der Waals surface area contributed by atoms with Gasteiger partial charge in [-0.05, 0) is 146 Å². The molecule has 6 heterocycles. The van der Waals surface area contributed by atoms with Crippen LogP contribution in [0.25, 0.3) is 22.1 Å². The molecule has 2 N–H and O–H groups in total. The van der Waals surface area contributed by atoms with Gasteiger partial charge in [-0.3, -0.25) is 0 Å². The van der Waals surface area contributed by atoms with Crippen molar-refractivity contribution >= 4 is 73.5 Å². The number of hydrogen-bond donors (Lipinski definition) is 2. The highest BCUT2D eigenvalue weighted by Crippen LogP contribution is 2.37. The van der Waals surface area contributed by atoms with Crippen LogP contribution in [0.4, 0.5) is 37.6 Å². The second-order valence-corrected chi connectivity index (χ2v) is 16.3. The lowest BCUT2D eigenvalue weighted by Gasteiger charge is -2.23. The highest BCUT2D eigenvalue weighted by Gasteiger charge is 2.26. The summed E-state index contributed by atoms with van der Waals surface area (Å²) in [7, 11) is 3.82. The number of ether oxygens (including phenoxy) is 2. The first-order chi connectivity index (χ1) is 27.3. The zero-order valence-corrected chi connectivity index (χ0v) is 33.9. The molecule has 0 spiro atoms. The Hall–Kier alpha value is -4.41. The van der Waals surface area contributed by atoms with Gasteiger partial charge in [0.15, 0.2) is 52.8 Å². The Labute approximate surface area is 338 Å². The van der Waals surface area contributed by atoms with Crippen molar-refractivity contribution in [3.8, 4) is 0 Å². The summed E-state index contributed by atoms with van der Waals surface area (Å²) in [5.41, 5.74) is 8.44. The van der Waals surface area contributed by atoms with Gasteiger partial charge in [0.1, 0.15) is 3.70 Å². The molecule has 0 radical (unpaired) electrons. The fourth-order valence-electron chi connectivity index (χ4n) is 8.49. The summed E-state index contributed by atoms with van der Waals surface area (Å²) in [4.78, 5) is 11.2. The first-order valence-corrected chi connectivity index (χ1v) is 20.9. The van der Waals surface area contributed by atoms with Crippen molar-refractivity contribution in [2.75, 3.05) is 42.8 Å². The third kappa shape index (κ3) is 7.19. The topological polar surface area (TPSA) is 107 Å². The van der Waals surface area contributed by atoms with Crippen molar-refractivity contribution in [1.82, 2.24) is 29.5 Å². The van der Waals surface area contributed by atoms with Gasteiger partial charge in [-0.2, -0.15) is 10.2 Å². The van der Waals surface area contributed by atoms with Crippen LogP contribution in [0.1, 0.15) is 86.1 Å². The second-order valence-electron chi connectivity index (χ2n) is 15.3. The molecule has 2 fully saturated rings. The maximum Gasteiger partial charge on any atom is 0.169 e. The molecule has 0 amide bonds. The number of benzene rings is 2. The van der Waals surface area contributed by atoms with Crippen LogP contribution in [0.2, 0.25) is 0 Å². The molecule has 11 nitrogen and oxygen atoms in total. The molecule has 6 aromatic rings. The Morgan fingerprint density at radius 1 is 0.679 bits per heavy atom. The highest BCUT2D eigenvalue weighted by molar-refractivity contribution is 14.1. The Morgan fingerprint density at radius 2 is 1.20 bits per heavy atom. The van der Waals surface area contributed by atoms with E-state index in [4.69, 9.17) is 14.6 Å². The molecule has 292 valence electrons. The number of aryl methyl sites for hydroxylation is 2. The number of nitrogens with one attached hydrogen (secondary N) is 2. The number of halogens is 3. The molecule has 2 aliphatic carbocycles. The Bertz CT molecular complexity index is 2400. The van der Waals surface area contributed by atoms with Crippen LogP contribution in [0.15, 0.2) is 48.5 Å². The van der Waals surface area contributed by atoms with Crippen LogP contribution in [0, 0.1) is 15.3 Å². The van der Waals surface area contributed by atoms with E-state index >= 15 is 4.39 Å². The monoisotopic (exact) mass is 873 g/mol. The van der Waals surface area contributed by atoms with Crippen LogP contribution in [0.5, 0.6) is 0 Å². The molecular weight excluding hydrogens is 827 g/mol. The van der Waals surface area contributed by atoms with Crippen LogP contribution in [-0.2, 0) is 35.2 Å². The Kier molecular flexibility index (Phi) is 10.5. The van der Waals surface area contributed by atoms with Crippen LogP contribution in [-0.4, -0.2) is 56.8 Å². The standard InChI is InChI=1S/C22H26FN5O.C20H20FIN4O/c1-27(2)22-16-13-17(23)20(24-18-10-6-8-14-7-5-9-15(14)18)25-21(16)28(26-22)19-11-3-4-12-29-19;21-15-11-14-18(22)25-26(17-9-1-2-10-27-17)20(14)24-19(15)23-16-8-4-6-12-5-3-7-13(12)16/h6,8,10,13,19H,3-5,7,9,11-12H2,1-2H3,(H,24,25);4,6,8,11,17H,1-3,5,7,9-10H2,(H,23,24). The van der Waals surface area contributed by atoms with E-state index in [0.717, 1.165) is 104 Å². The zero-order chi connectivity index (χ0) is 38.3. The summed E-state index contributed by atoms with van der Waals surface area (Å²) in [5, 5.41) is 17.2. The van der Waals surface area contributed by atoms with Crippen LogP contribution in [0.3, 0.4) is 0 Å². The fourth-order valence-corrected chi connectivity index (χ4v) is 9.12. The lowest BCUT2D eigenvalue weighted by molar-refractivity contribution is -0.0372. The average molecular weight is 874 g/mol. The highest BCUT2D eigenvalue weighted by atomic mass is 127. The SMILES string of the molecule is CN(C)c1nn(C2CCCCO2)c2nc(Nc3cccc4c3CCC4)c(F)cc12.Fc1cc2c(I)nn(C3CCCCO3)c2nc1Nc1cccc2c1CCC2. The predicted molar refractivity (Wildman–Crippen MR) is 223 cm³/mol. The van der Waals surface area contributed by atoms with Gasteiger partial charge in [-0.1, -0.05) is 24.3 Å². The molecule has 2 unspecified atom stereocenters. The van der Waals surface area contributed by atoms with Crippen molar-refractivity contribution < 1.29 is 18.3 Å². The summed E-state index contributed by atoms with van der Waals surface area (Å²) in [6.45, 7) is 1.44. The maximum atomic E-state index is 15.0. The van der Waals surface area contributed by atoms with Crippen molar-refractivity contribution in [2.24, 2.45) is 0 Å². The zero-order valence-electron chi connectivity index (χ0n) is 31.8. The first kappa shape index (κ1) is 37.2. The number of fused-ring (bicyclic) bond motifs is 4. The number of nitrogens with zero attached hydrogens (tertiary/aromatic N) is 7. The average Bonchev–Trinajstić information content (AvgIpc) is 4.03. The Morgan fingerprint density at radius 3 is 1.71 bits per heavy atom. The molecule has 10 rings (SSSR count). The van der Waals surface area contributed by atoms with E-state index in [9.17, 15) is 4.39 Å². The van der Waals surface area contributed by atoms with E-state index in [1.807, 2.05) is 52.6 Å². The van der Waals surface area contributed by atoms with Gasteiger partial charge in [0.2, 0.25) is 0 Å². The molecule has 56 heavy (non-hydrogen) atoms. The van der Waals surface area contributed by atoms with Crippen molar-refractivity contribution in [2.45, 2.75) is 89.5 Å². The minimum atomic E-state index is -0.375. The molecule has 0 bridgehead atoms. The molecule has 0 saturated carbocycles. The molecule has 14 heteroatoms. The van der Waals surface area contributed by atoms with Gasteiger partial charge in [0, 0.05) is 38.7 Å². The molecule has 2 saturated heterocycles. The number of anilines is 5. The quantitative estimate of drug-likeness (QED) is 0.152. The maximum absolute atomic E-state index is 15.0. The number of hydrogen-bond acceptors (Lipinski definition) is 9. The van der Waals surface area contributed by atoms with Gasteiger partial charge in [0.05, 0.1) is 10.8 Å². The molecule has 2 aromatic carbocycles. The molecule has 4 aliphatic rings. The van der Waals surface area contributed by atoms with Gasteiger partial charge < -0.3 is 25.0 Å². The van der Waals surface area contributed by atoms with Crippen LogP contribution < -0.4 is 15.5 Å². The smallest absolute Gasteiger partial charge is 0.169 e. The normalized spacial score (nSPS) is 19.1. The van der Waals surface area contributed by atoms with Crippen molar-refractivity contribution in [3.63, 3.8) is 0 Å². The van der Waals surface area contributed by atoms with Crippen molar-refractivity contribution in [3.05, 3.63) is 86.1 Å². The molecule has 2 aliphatic heterocycles. The molecular formula is C42H46F2IN9O2. The Balaban J connectivity index is 0.000000147. The summed E-state index contributed by atoms with van der Waals surface area (Å²) in [6.07, 6.45) is 12.3. The molecule has 4 aromatic heterocycles. The number of aromatic nitrogens is 6. The van der Waals surface area contributed by atoms with Gasteiger partial charge >= 0.3 is 0 Å². The van der Waals surface area contributed by atoms with E-state index in [0.29, 0.717) is 29.1 Å². The minimum absolute atomic E-state index is 0.128. The first-order valence-electron chi connectivity index (χ1n) is 19.8. The minimum Gasteiger partial charge on any atom is -0.361 e. The lowest BCUT2D eigenvalue weighted by Crippen LogP contribution is -2.20. The summed E-state index contributed by atoms with van der Waals surface area (Å²) >= 11 is 2.14. The van der Waals surface area contributed by atoms with Crippen molar-refractivity contribution in [1.29, 1.82) is 0 Å². The summed E-state index contributed by atoms with van der Waals surface area (Å²) in [5.74, 6) is 0.449. The summed E-state index contributed by atoms with van der Waals surface area (Å²) < 4.78 is 46.0. The van der Waals surface area contributed by atoms with Gasteiger partial charge in [-0.25, -0.2) is 28.1 Å². The third-order valence-corrected chi connectivity index (χ3v) is 12.1. The number of rotatable bonds is 7. The van der Waals surface area contributed by atoms with E-state index in [1.165, 1.54) is 34.4 Å². The largest absolute Gasteiger partial charge is 0.361 e. The van der Waals surface area contributed by atoms with Crippen LogP contribution >= 0.6 is 22.6 Å². The van der Waals surface area contributed by atoms with E-state index in [-0.39, 0.29) is 35.7 Å². The summed E-state index contributed by atoms with van der Waals surface area (Å²) in [6, 6.07) is 15.4.